The van der Waals surface area contributed by atoms with Crippen LogP contribution in [0.3, 0.4) is 0 Å². The number of fused-ring (bicyclic) bond motifs is 6. The highest BCUT2D eigenvalue weighted by atomic mass is 16.1. The van der Waals surface area contributed by atoms with Crippen molar-refractivity contribution < 1.29 is 9.59 Å². The predicted octanol–water partition coefficient (Wildman–Crippen LogP) is 26.4. The summed E-state index contributed by atoms with van der Waals surface area (Å²) < 4.78 is 4.56. The molecule has 0 aliphatic rings. The summed E-state index contributed by atoms with van der Waals surface area (Å²) in [5, 5.41) is 4.65. The lowest BCUT2D eigenvalue weighted by molar-refractivity contribution is 0.111. The summed E-state index contributed by atoms with van der Waals surface area (Å²) in [4.78, 5) is 32.5. The first-order chi connectivity index (χ1) is 52.5. The number of carbonyl (C=O) groups excluding carboxylic acids is 2. The Morgan fingerprint density at radius 1 is 0.179 bits per heavy atom. The summed E-state index contributed by atoms with van der Waals surface area (Å²) in [5.41, 5.74) is 26.9. The summed E-state index contributed by atoms with van der Waals surface area (Å²) in [6.45, 7) is 0. The van der Waals surface area contributed by atoms with Gasteiger partial charge in [0.1, 0.15) is 12.6 Å². The molecular weight excluding hydrogens is 1290 g/mol. The summed E-state index contributed by atoms with van der Waals surface area (Å²) in [6.07, 6.45) is 1.78. The van der Waals surface area contributed by atoms with Crippen molar-refractivity contribution in [3.63, 3.8) is 0 Å². The Morgan fingerprint density at radius 2 is 0.387 bits per heavy atom. The fourth-order valence-electron chi connectivity index (χ4n) is 15.1. The Hall–Kier alpha value is -14.3. The summed E-state index contributed by atoms with van der Waals surface area (Å²) in [7, 11) is 0. The molecule has 0 bridgehead atoms. The Morgan fingerprint density at radius 3 is 0.651 bits per heavy atom. The molecule has 0 N–H and O–H groups in total. The van der Waals surface area contributed by atoms with Crippen LogP contribution in [0.2, 0.25) is 0 Å². The van der Waals surface area contributed by atoms with Crippen LogP contribution in [-0.4, -0.2) is 21.7 Å². The summed E-state index contributed by atoms with van der Waals surface area (Å²) in [5.74, 6) is 0. The third kappa shape index (κ3) is 12.1. The van der Waals surface area contributed by atoms with Crippen LogP contribution in [-0.2, 0) is 0 Å². The normalized spacial score (nSPS) is 11.3. The summed E-state index contributed by atoms with van der Waals surface area (Å²) >= 11 is 0. The minimum Gasteiger partial charge on any atom is -0.311 e. The fourth-order valence-corrected chi connectivity index (χ4v) is 15.1. The van der Waals surface area contributed by atoms with E-state index in [4.69, 9.17) is 0 Å². The SMILES string of the molecule is O=Cc1ccc(-n2c3ccccc3c3cc(-c4ccc(N(c5ccc(-c6ccc(N(c7ccc(-c8ccc9c(c8)c8ccccc8n9-c8ccc(C=O)cc8)cc7)c7ccc(N(c8ccccc8)c8ccccc8)cc7)cc6)cc5)c5ccc(N(c6ccccc6)c6ccccc6)cc5)cc4)ccc32)cc1. The van der Waals surface area contributed by atoms with Crippen LogP contribution in [0.5, 0.6) is 0 Å². The highest BCUT2D eigenvalue weighted by Gasteiger charge is 2.22. The molecule has 18 aromatic rings. The standard InChI is InChI=1S/C98H68N6O2/c105-67-69-29-43-89(44-30-69)103-95-27-15-13-25-91(95)93-65-75(41-63-97(93)103)73-37-51-83(52-38-73)101(87-59-55-85(56-60-87)99(77-17-5-1-6-18-77)78-19-7-2-8-20-78)81-47-33-71(34-48-81)72-35-49-82(50-36-72)102(88-61-57-86(58-62-88)100(79-21-9-3-10-22-79)80-23-11-4-12-24-80)84-53-39-74(40-54-84)76-42-64-98-94(66-76)92-26-14-16-28-96(92)104(98)90-45-31-70(68-106)32-46-90/h1-68H. The Kier molecular flexibility index (Phi) is 16.8. The van der Waals surface area contributed by atoms with E-state index in [0.29, 0.717) is 11.1 Å². The maximum Gasteiger partial charge on any atom is 0.150 e. The molecule has 0 fully saturated rings. The van der Waals surface area contributed by atoms with Crippen molar-refractivity contribution in [3.05, 3.63) is 412 Å². The smallest absolute Gasteiger partial charge is 0.150 e. The van der Waals surface area contributed by atoms with Crippen molar-refractivity contribution in [3.8, 4) is 44.8 Å². The lowest BCUT2D eigenvalue weighted by Gasteiger charge is -2.29. The maximum absolute atomic E-state index is 11.6. The Balaban J connectivity index is 0.687. The second kappa shape index (κ2) is 27.9. The fraction of sp³-hybridized carbons (Fsp3) is 0. The predicted molar refractivity (Wildman–Crippen MR) is 441 cm³/mol. The van der Waals surface area contributed by atoms with Gasteiger partial charge in [-0.3, -0.25) is 9.59 Å². The Bertz CT molecular complexity index is 5700. The van der Waals surface area contributed by atoms with Gasteiger partial charge >= 0.3 is 0 Å². The lowest BCUT2D eigenvalue weighted by Crippen LogP contribution is -2.12. The van der Waals surface area contributed by atoms with Gasteiger partial charge in [0.15, 0.2) is 0 Å². The molecule has 8 heteroatoms. The summed E-state index contributed by atoms with van der Waals surface area (Å²) in [6, 6.07) is 142. The molecule has 18 rings (SSSR count). The lowest BCUT2D eigenvalue weighted by atomic mass is 10.0. The molecule has 2 aromatic heterocycles. The van der Waals surface area contributed by atoms with Crippen molar-refractivity contribution in [2.45, 2.75) is 0 Å². The zero-order valence-corrected chi connectivity index (χ0v) is 57.8. The average Bonchev–Trinajstić information content (AvgIpc) is 1.49. The van der Waals surface area contributed by atoms with Crippen LogP contribution in [0.25, 0.3) is 88.4 Å². The molecule has 0 atom stereocenters. The number of aromatic nitrogens is 2. The van der Waals surface area contributed by atoms with E-state index in [1.165, 1.54) is 0 Å². The molecule has 0 amide bonds. The van der Waals surface area contributed by atoms with E-state index in [0.717, 1.165) is 169 Å². The first-order valence-corrected chi connectivity index (χ1v) is 35.7. The van der Waals surface area contributed by atoms with Gasteiger partial charge in [-0.25, -0.2) is 0 Å². The van der Waals surface area contributed by atoms with Crippen LogP contribution in [0, 0.1) is 0 Å². The highest BCUT2D eigenvalue weighted by Crippen LogP contribution is 2.45. The molecule has 0 radical (unpaired) electrons. The number of anilines is 12. The number of carbonyl (C=O) groups is 2. The average molecular weight is 1360 g/mol. The third-order valence-corrected chi connectivity index (χ3v) is 20.2. The molecule has 8 nitrogen and oxygen atoms in total. The molecule has 106 heavy (non-hydrogen) atoms. The molecule has 16 aromatic carbocycles. The van der Waals surface area contributed by atoms with E-state index in [1.807, 2.05) is 48.5 Å². The van der Waals surface area contributed by atoms with Crippen LogP contribution in [0.15, 0.2) is 400 Å². The van der Waals surface area contributed by atoms with Crippen molar-refractivity contribution in [1.29, 1.82) is 0 Å². The topological polar surface area (TPSA) is 57.0 Å². The first-order valence-electron chi connectivity index (χ1n) is 35.7. The molecule has 2 heterocycles. The van der Waals surface area contributed by atoms with Crippen LogP contribution < -0.4 is 19.6 Å². The Labute approximate surface area is 615 Å². The third-order valence-electron chi connectivity index (χ3n) is 20.2. The number of benzene rings is 16. The van der Waals surface area contributed by atoms with Gasteiger partial charge in [0.05, 0.1) is 22.1 Å². The minimum atomic E-state index is 0.649. The van der Waals surface area contributed by atoms with Gasteiger partial charge in [0, 0.05) is 112 Å². The molecule has 0 unspecified atom stereocenters. The number of para-hydroxylation sites is 6. The molecular formula is C98H68N6O2. The van der Waals surface area contributed by atoms with E-state index in [1.54, 1.807) is 0 Å². The zero-order chi connectivity index (χ0) is 70.9. The molecule has 0 aliphatic heterocycles. The monoisotopic (exact) mass is 1360 g/mol. The molecule has 0 saturated heterocycles. The second-order valence-electron chi connectivity index (χ2n) is 26.5. The van der Waals surface area contributed by atoms with E-state index < -0.39 is 0 Å². The van der Waals surface area contributed by atoms with Crippen LogP contribution in [0.1, 0.15) is 20.7 Å². The van der Waals surface area contributed by atoms with Crippen LogP contribution in [0.4, 0.5) is 68.2 Å². The van der Waals surface area contributed by atoms with Crippen molar-refractivity contribution >= 4 is 124 Å². The number of hydrogen-bond donors (Lipinski definition) is 0. The number of hydrogen-bond acceptors (Lipinski definition) is 6. The van der Waals surface area contributed by atoms with Gasteiger partial charge in [-0.15, -0.1) is 0 Å². The van der Waals surface area contributed by atoms with Gasteiger partial charge < -0.3 is 28.7 Å². The van der Waals surface area contributed by atoms with E-state index in [2.05, 4.69) is 381 Å². The van der Waals surface area contributed by atoms with E-state index >= 15 is 0 Å². The van der Waals surface area contributed by atoms with Crippen LogP contribution >= 0.6 is 0 Å². The molecule has 0 spiro atoms. The van der Waals surface area contributed by atoms with Gasteiger partial charge in [-0.1, -0.05) is 170 Å². The quantitative estimate of drug-likeness (QED) is 0.0752. The number of aldehydes is 2. The minimum absolute atomic E-state index is 0.649. The highest BCUT2D eigenvalue weighted by molar-refractivity contribution is 6.12. The van der Waals surface area contributed by atoms with Gasteiger partial charge in [0.25, 0.3) is 0 Å². The molecule has 0 saturated carbocycles. The molecule has 502 valence electrons. The van der Waals surface area contributed by atoms with Gasteiger partial charge in [-0.05, 0) is 264 Å². The second-order valence-corrected chi connectivity index (χ2v) is 26.5. The number of rotatable bonds is 19. The first kappa shape index (κ1) is 63.8. The van der Waals surface area contributed by atoms with E-state index in [9.17, 15) is 9.59 Å². The van der Waals surface area contributed by atoms with Crippen molar-refractivity contribution in [1.82, 2.24) is 9.13 Å². The van der Waals surface area contributed by atoms with Crippen molar-refractivity contribution in [2.24, 2.45) is 0 Å². The molecule has 0 aliphatic carbocycles. The maximum atomic E-state index is 11.6. The van der Waals surface area contributed by atoms with Crippen molar-refractivity contribution in [2.75, 3.05) is 19.6 Å². The van der Waals surface area contributed by atoms with Gasteiger partial charge in [-0.2, -0.15) is 0 Å². The zero-order valence-electron chi connectivity index (χ0n) is 57.8. The van der Waals surface area contributed by atoms with Gasteiger partial charge in [0.2, 0.25) is 0 Å². The largest absolute Gasteiger partial charge is 0.311 e. The number of nitrogens with zero attached hydrogens (tertiary/aromatic N) is 6. The van der Waals surface area contributed by atoms with E-state index in [-0.39, 0.29) is 0 Å².